The van der Waals surface area contributed by atoms with Gasteiger partial charge in [-0.2, -0.15) is 0 Å². The van der Waals surface area contributed by atoms with E-state index in [9.17, 15) is 9.59 Å². The van der Waals surface area contributed by atoms with Gasteiger partial charge in [0.15, 0.2) is 5.78 Å². The molecule has 1 spiro atoms. The summed E-state index contributed by atoms with van der Waals surface area (Å²) in [5, 5.41) is 0. The summed E-state index contributed by atoms with van der Waals surface area (Å²) >= 11 is 0. The molecule has 154 valence electrons. The number of benzene rings is 3. The summed E-state index contributed by atoms with van der Waals surface area (Å²) in [5.41, 5.74) is 5.37. The van der Waals surface area contributed by atoms with Crippen LogP contribution in [0.1, 0.15) is 38.2 Å². The van der Waals surface area contributed by atoms with E-state index in [2.05, 4.69) is 25.1 Å². The van der Waals surface area contributed by atoms with Crippen LogP contribution in [-0.2, 0) is 16.6 Å². The maximum Gasteiger partial charge on any atom is 0.245 e. The molecule has 0 aromatic heterocycles. The quantitative estimate of drug-likeness (QED) is 0.542. The summed E-state index contributed by atoms with van der Waals surface area (Å²) in [4.78, 5) is 29.8. The Hall–Kier alpha value is -3.46. The topological polar surface area (TPSA) is 37.4 Å². The van der Waals surface area contributed by atoms with Crippen molar-refractivity contribution < 1.29 is 9.59 Å². The van der Waals surface area contributed by atoms with Gasteiger partial charge in [0.1, 0.15) is 5.41 Å². The van der Waals surface area contributed by atoms with Crippen LogP contribution in [0.25, 0.3) is 6.08 Å². The fraction of sp³-hybridized carbons (Fsp3) is 0.214. The van der Waals surface area contributed by atoms with Gasteiger partial charge in [-0.05, 0) is 54.7 Å². The number of fused-ring (bicyclic) bond motifs is 3. The predicted octanol–water partition coefficient (Wildman–Crippen LogP) is 5.29. The zero-order chi connectivity index (χ0) is 21.8. The third-order valence-electron chi connectivity index (χ3n) is 6.85. The number of likely N-dealkylation sites (N-methyl/N-ethyl adjacent to an activating group) is 1. The van der Waals surface area contributed by atoms with Gasteiger partial charge in [0.25, 0.3) is 0 Å². The molecule has 1 aliphatic carbocycles. The SMILES string of the molecule is Cc1cc(C)c2c(c1)[C@@]1(C(=O)c3ccccc3N(C)C1=O)[C@@H](/C=C/c1ccccc1)C2. The van der Waals surface area contributed by atoms with Gasteiger partial charge in [0.05, 0.1) is 5.69 Å². The van der Waals surface area contributed by atoms with E-state index >= 15 is 0 Å². The van der Waals surface area contributed by atoms with Crippen molar-refractivity contribution in [3.05, 3.63) is 106 Å². The summed E-state index contributed by atoms with van der Waals surface area (Å²) < 4.78 is 0. The molecule has 0 saturated heterocycles. The minimum Gasteiger partial charge on any atom is -0.314 e. The van der Waals surface area contributed by atoms with Crippen molar-refractivity contribution in [3.8, 4) is 0 Å². The zero-order valence-corrected chi connectivity index (χ0v) is 18.1. The van der Waals surface area contributed by atoms with Crippen molar-refractivity contribution in [3.63, 3.8) is 0 Å². The summed E-state index contributed by atoms with van der Waals surface area (Å²) in [6, 6.07) is 21.7. The Kier molecular flexibility index (Phi) is 4.44. The molecule has 0 saturated carbocycles. The van der Waals surface area contributed by atoms with Gasteiger partial charge in [-0.3, -0.25) is 9.59 Å². The van der Waals surface area contributed by atoms with Gasteiger partial charge in [0, 0.05) is 18.5 Å². The number of hydrogen-bond acceptors (Lipinski definition) is 2. The fourth-order valence-corrected chi connectivity index (χ4v) is 5.40. The van der Waals surface area contributed by atoms with Crippen LogP contribution in [0.5, 0.6) is 0 Å². The number of nitrogens with zero attached hydrogens (tertiary/aromatic N) is 1. The van der Waals surface area contributed by atoms with E-state index in [1.165, 1.54) is 0 Å². The number of rotatable bonds is 2. The van der Waals surface area contributed by atoms with Crippen LogP contribution < -0.4 is 4.90 Å². The number of aryl methyl sites for hydroxylation is 2. The molecule has 0 bridgehead atoms. The molecule has 2 aliphatic rings. The molecule has 0 unspecified atom stereocenters. The highest BCUT2D eigenvalue weighted by Crippen LogP contribution is 2.52. The zero-order valence-electron chi connectivity index (χ0n) is 18.1. The first-order chi connectivity index (χ1) is 14.9. The average molecular weight is 408 g/mol. The molecule has 0 radical (unpaired) electrons. The minimum atomic E-state index is -1.22. The maximum atomic E-state index is 14.1. The number of para-hydroxylation sites is 1. The van der Waals surface area contributed by atoms with Gasteiger partial charge in [0.2, 0.25) is 5.91 Å². The van der Waals surface area contributed by atoms with Crippen LogP contribution in [0.2, 0.25) is 0 Å². The second-order valence-corrected chi connectivity index (χ2v) is 8.71. The molecular formula is C28H25NO2. The van der Waals surface area contributed by atoms with Gasteiger partial charge in [-0.25, -0.2) is 0 Å². The van der Waals surface area contributed by atoms with Gasteiger partial charge in [-0.1, -0.05) is 72.3 Å². The van der Waals surface area contributed by atoms with Crippen LogP contribution in [-0.4, -0.2) is 18.7 Å². The fourth-order valence-electron chi connectivity index (χ4n) is 5.40. The lowest BCUT2D eigenvalue weighted by Gasteiger charge is -2.41. The number of Topliss-reactive ketones (excluding diaryl/α,β-unsaturated/α-hetero) is 1. The van der Waals surface area contributed by atoms with E-state index < -0.39 is 5.41 Å². The molecular weight excluding hydrogens is 382 g/mol. The second kappa shape index (κ2) is 7.05. The van der Waals surface area contributed by atoms with Crippen molar-refractivity contribution in [2.45, 2.75) is 25.7 Å². The summed E-state index contributed by atoms with van der Waals surface area (Å²) in [6.07, 6.45) is 4.79. The Morgan fingerprint density at radius 1 is 0.968 bits per heavy atom. The second-order valence-electron chi connectivity index (χ2n) is 8.71. The van der Waals surface area contributed by atoms with Crippen LogP contribution in [0.4, 0.5) is 5.69 Å². The lowest BCUT2D eigenvalue weighted by Crippen LogP contribution is -2.57. The molecule has 3 aromatic rings. The standard InChI is InChI=1S/C28H25NO2/c1-18-15-19(2)23-17-21(14-13-20-9-5-4-6-10-20)28(24(23)16-18)26(30)22-11-7-8-12-25(22)29(3)27(28)31/h4-16,21H,17H2,1-3H3/b14-13+/t21-,28+/m0/s1. The van der Waals surface area contributed by atoms with Gasteiger partial charge < -0.3 is 4.90 Å². The third-order valence-corrected chi connectivity index (χ3v) is 6.85. The number of allylic oxidation sites excluding steroid dienone is 1. The number of anilines is 1. The first kappa shape index (κ1) is 19.5. The van der Waals surface area contributed by atoms with E-state index in [1.807, 2.05) is 67.6 Å². The molecule has 31 heavy (non-hydrogen) atoms. The molecule has 3 heteroatoms. The van der Waals surface area contributed by atoms with Crippen molar-refractivity contribution >= 4 is 23.5 Å². The maximum absolute atomic E-state index is 14.1. The highest BCUT2D eigenvalue weighted by atomic mass is 16.2. The molecule has 0 N–H and O–H groups in total. The Morgan fingerprint density at radius 2 is 1.68 bits per heavy atom. The van der Waals surface area contributed by atoms with Crippen LogP contribution in [0.15, 0.2) is 72.8 Å². The van der Waals surface area contributed by atoms with E-state index in [4.69, 9.17) is 0 Å². The number of amides is 1. The third kappa shape index (κ3) is 2.73. The number of ketones is 1. The lowest BCUT2D eigenvalue weighted by molar-refractivity contribution is -0.123. The monoisotopic (exact) mass is 407 g/mol. The van der Waals surface area contributed by atoms with E-state index in [0.29, 0.717) is 17.7 Å². The Balaban J connectivity index is 1.76. The first-order valence-corrected chi connectivity index (χ1v) is 10.7. The van der Waals surface area contributed by atoms with E-state index in [0.717, 1.165) is 27.8 Å². The van der Waals surface area contributed by atoms with Gasteiger partial charge >= 0.3 is 0 Å². The van der Waals surface area contributed by atoms with Gasteiger partial charge in [-0.15, -0.1) is 0 Å². The molecule has 1 heterocycles. The average Bonchev–Trinajstić information content (AvgIpc) is 3.11. The molecule has 0 fully saturated rings. The predicted molar refractivity (Wildman–Crippen MR) is 124 cm³/mol. The molecule has 1 amide bonds. The summed E-state index contributed by atoms with van der Waals surface area (Å²) in [5.74, 6) is -0.459. The van der Waals surface area contributed by atoms with Crippen molar-refractivity contribution in [1.82, 2.24) is 0 Å². The number of carbonyl (C=O) groups excluding carboxylic acids is 2. The highest BCUT2D eigenvalue weighted by molar-refractivity contribution is 6.29. The molecule has 2 atom stereocenters. The Bertz CT molecular complexity index is 1240. The number of hydrogen-bond donors (Lipinski definition) is 0. The summed E-state index contributed by atoms with van der Waals surface area (Å²) in [7, 11) is 1.79. The molecule has 5 rings (SSSR count). The number of carbonyl (C=O) groups is 2. The van der Waals surface area contributed by atoms with Crippen LogP contribution in [0.3, 0.4) is 0 Å². The van der Waals surface area contributed by atoms with E-state index in [1.54, 1.807) is 11.9 Å². The Morgan fingerprint density at radius 3 is 2.45 bits per heavy atom. The highest BCUT2D eigenvalue weighted by Gasteiger charge is 2.61. The molecule has 3 aromatic carbocycles. The first-order valence-electron chi connectivity index (χ1n) is 10.7. The minimum absolute atomic E-state index is 0.0855. The normalized spacial score (nSPS) is 22.3. The summed E-state index contributed by atoms with van der Waals surface area (Å²) in [6.45, 7) is 4.11. The largest absolute Gasteiger partial charge is 0.314 e. The molecule has 3 nitrogen and oxygen atoms in total. The van der Waals surface area contributed by atoms with E-state index in [-0.39, 0.29) is 17.6 Å². The van der Waals surface area contributed by atoms with Crippen LogP contribution >= 0.6 is 0 Å². The van der Waals surface area contributed by atoms with Crippen LogP contribution in [0, 0.1) is 19.8 Å². The smallest absolute Gasteiger partial charge is 0.245 e. The Labute approximate surface area is 183 Å². The lowest BCUT2D eigenvalue weighted by atomic mass is 9.66. The molecule has 1 aliphatic heterocycles. The van der Waals surface area contributed by atoms with Crippen molar-refractivity contribution in [1.29, 1.82) is 0 Å². The van der Waals surface area contributed by atoms with Crippen molar-refractivity contribution in [2.75, 3.05) is 11.9 Å². The van der Waals surface area contributed by atoms with Crippen molar-refractivity contribution in [2.24, 2.45) is 5.92 Å².